The minimum atomic E-state index is -0.173. The van der Waals surface area contributed by atoms with Crippen molar-refractivity contribution in [3.8, 4) is 5.75 Å². The Balaban J connectivity index is 1.85. The van der Waals surface area contributed by atoms with Crippen LogP contribution in [0.15, 0.2) is 18.2 Å². The van der Waals surface area contributed by atoms with E-state index in [0.29, 0.717) is 12.3 Å². The van der Waals surface area contributed by atoms with Crippen molar-refractivity contribution in [2.45, 2.75) is 26.9 Å². The molecule has 2 amide bonds. The molecule has 2 fully saturated rings. The number of methoxy groups -OCH3 is 1. The second kappa shape index (κ2) is 4.56. The number of rotatable bonds is 4. The molecule has 0 aromatic heterocycles. The Morgan fingerprint density at radius 2 is 1.86 bits per heavy atom. The zero-order chi connectivity index (χ0) is 15.4. The number of benzene rings is 1. The van der Waals surface area contributed by atoms with Crippen LogP contribution >= 0.6 is 0 Å². The van der Waals surface area contributed by atoms with Crippen molar-refractivity contribution in [3.63, 3.8) is 0 Å². The number of likely N-dealkylation sites (tertiary alicyclic amines) is 1. The lowest BCUT2D eigenvalue weighted by atomic mass is 10.0. The highest BCUT2D eigenvalue weighted by Gasteiger charge is 2.72. The van der Waals surface area contributed by atoms with Crippen LogP contribution in [-0.2, 0) is 22.7 Å². The van der Waals surface area contributed by atoms with Crippen molar-refractivity contribution < 1.29 is 14.3 Å². The third-order valence-corrected chi connectivity index (χ3v) is 4.80. The highest BCUT2D eigenvalue weighted by Crippen LogP contribution is 2.63. The van der Waals surface area contributed by atoms with Crippen molar-refractivity contribution in [1.29, 1.82) is 0 Å². The molecule has 0 radical (unpaired) electrons. The molecule has 1 saturated heterocycles. The van der Waals surface area contributed by atoms with Crippen LogP contribution in [0.5, 0.6) is 5.75 Å². The first-order valence-electron chi connectivity index (χ1n) is 7.13. The van der Waals surface area contributed by atoms with Gasteiger partial charge in [-0.3, -0.25) is 14.5 Å². The van der Waals surface area contributed by atoms with Crippen LogP contribution in [-0.4, -0.2) is 23.8 Å². The zero-order valence-electron chi connectivity index (χ0n) is 12.6. The second-order valence-corrected chi connectivity index (χ2v) is 6.39. The fraction of sp³-hybridized carbons (Fsp3) is 0.500. The van der Waals surface area contributed by atoms with Crippen molar-refractivity contribution >= 4 is 11.8 Å². The van der Waals surface area contributed by atoms with Gasteiger partial charge in [0.25, 0.3) is 0 Å². The third kappa shape index (κ3) is 1.95. The molecule has 1 saturated carbocycles. The van der Waals surface area contributed by atoms with Crippen molar-refractivity contribution in [1.82, 2.24) is 4.90 Å². The molecule has 1 aliphatic heterocycles. The van der Waals surface area contributed by atoms with Gasteiger partial charge in [0.1, 0.15) is 5.75 Å². The summed E-state index contributed by atoms with van der Waals surface area (Å²) in [5.74, 6) is 0.264. The molecular weight excluding hydrogens is 268 g/mol. The molecule has 21 heavy (non-hydrogen) atoms. The summed E-state index contributed by atoms with van der Waals surface area (Å²) in [5.41, 5.74) is 7.25. The van der Waals surface area contributed by atoms with E-state index in [1.807, 2.05) is 32.0 Å². The number of carbonyl (C=O) groups excluding carboxylic acids is 2. The predicted molar refractivity (Wildman–Crippen MR) is 77.2 cm³/mol. The van der Waals surface area contributed by atoms with Gasteiger partial charge in [-0.15, -0.1) is 0 Å². The van der Waals surface area contributed by atoms with Crippen molar-refractivity contribution in [3.05, 3.63) is 29.3 Å². The molecule has 1 aliphatic carbocycles. The first-order valence-corrected chi connectivity index (χ1v) is 7.13. The van der Waals surface area contributed by atoms with Gasteiger partial charge in [-0.2, -0.15) is 0 Å². The molecular formula is C16H20N2O3. The quantitative estimate of drug-likeness (QED) is 0.847. The number of nitrogens with two attached hydrogens (primary N) is 1. The Bertz CT molecular complexity index is 600. The lowest BCUT2D eigenvalue weighted by molar-refractivity contribution is -0.143. The third-order valence-electron chi connectivity index (χ3n) is 4.80. The van der Waals surface area contributed by atoms with Gasteiger partial charge in [0.15, 0.2) is 0 Å². The fourth-order valence-corrected chi connectivity index (χ4v) is 3.41. The monoisotopic (exact) mass is 288 g/mol. The lowest BCUT2D eigenvalue weighted by Crippen LogP contribution is -2.35. The average molecular weight is 288 g/mol. The van der Waals surface area contributed by atoms with Crippen LogP contribution < -0.4 is 10.5 Å². The van der Waals surface area contributed by atoms with Gasteiger partial charge in [-0.25, -0.2) is 0 Å². The molecule has 5 nitrogen and oxygen atoms in total. The second-order valence-electron chi connectivity index (χ2n) is 6.39. The molecule has 0 bridgehead atoms. The van der Waals surface area contributed by atoms with E-state index in [-0.39, 0.29) is 35.6 Å². The van der Waals surface area contributed by atoms with Crippen LogP contribution in [0.1, 0.15) is 25.0 Å². The van der Waals surface area contributed by atoms with E-state index in [4.69, 9.17) is 10.5 Å². The number of nitrogens with zero attached hydrogens (tertiary/aromatic N) is 1. The number of hydrogen-bond acceptors (Lipinski definition) is 4. The van der Waals surface area contributed by atoms with E-state index in [1.54, 1.807) is 7.11 Å². The summed E-state index contributed by atoms with van der Waals surface area (Å²) in [6, 6.07) is 5.61. The van der Waals surface area contributed by atoms with Gasteiger partial charge in [0.2, 0.25) is 11.8 Å². The molecule has 3 rings (SSSR count). The summed E-state index contributed by atoms with van der Waals surface area (Å²) in [5, 5.41) is 0. The average Bonchev–Trinajstić information content (AvgIpc) is 2.94. The zero-order valence-corrected chi connectivity index (χ0v) is 12.6. The Morgan fingerprint density at radius 1 is 1.24 bits per heavy atom. The Labute approximate surface area is 124 Å². The number of ether oxygens (including phenoxy) is 1. The van der Waals surface area contributed by atoms with Crippen LogP contribution in [0.4, 0.5) is 0 Å². The molecule has 2 aliphatic rings. The SMILES string of the molecule is COc1ccc(CN)cc1CN1C(=O)C2C(C1=O)C2(C)C. The Hall–Kier alpha value is -1.88. The fourth-order valence-electron chi connectivity index (χ4n) is 3.41. The van der Waals surface area contributed by atoms with E-state index >= 15 is 0 Å². The summed E-state index contributed by atoms with van der Waals surface area (Å²) in [6.45, 7) is 4.63. The molecule has 2 unspecified atom stereocenters. The minimum absolute atomic E-state index is 0.0600. The van der Waals surface area contributed by atoms with Gasteiger partial charge in [0, 0.05) is 12.1 Å². The normalized spacial score (nSPS) is 26.0. The van der Waals surface area contributed by atoms with Crippen LogP contribution in [0.3, 0.4) is 0 Å². The molecule has 2 atom stereocenters. The molecule has 1 heterocycles. The number of imide groups is 1. The molecule has 112 valence electrons. The summed E-state index contributed by atoms with van der Waals surface area (Å²) in [7, 11) is 1.58. The van der Waals surface area contributed by atoms with E-state index in [0.717, 1.165) is 11.1 Å². The maximum atomic E-state index is 12.4. The van der Waals surface area contributed by atoms with Gasteiger partial charge in [0.05, 0.1) is 25.5 Å². The number of hydrogen-bond donors (Lipinski definition) is 1. The standard InChI is InChI=1S/C16H20N2O3/c1-16(2)12-13(16)15(20)18(14(12)19)8-10-6-9(7-17)4-5-11(10)21-3/h4-6,12-13H,7-8,17H2,1-3H3. The summed E-state index contributed by atoms with van der Waals surface area (Å²) in [6.07, 6.45) is 0. The van der Waals surface area contributed by atoms with Gasteiger partial charge in [-0.1, -0.05) is 19.9 Å². The largest absolute Gasteiger partial charge is 0.496 e. The smallest absolute Gasteiger partial charge is 0.233 e. The van der Waals surface area contributed by atoms with E-state index in [1.165, 1.54) is 4.90 Å². The Kier molecular flexibility index (Phi) is 3.06. The predicted octanol–water partition coefficient (Wildman–Crippen LogP) is 1.29. The van der Waals surface area contributed by atoms with Gasteiger partial charge >= 0.3 is 0 Å². The number of fused-ring (bicyclic) bond motifs is 1. The van der Waals surface area contributed by atoms with Crippen LogP contribution in [0.25, 0.3) is 0 Å². The number of carbonyl (C=O) groups is 2. The first-order chi connectivity index (χ1) is 9.91. The highest BCUT2D eigenvalue weighted by molar-refractivity contribution is 6.10. The molecule has 1 aromatic rings. The molecule has 5 heteroatoms. The van der Waals surface area contributed by atoms with Gasteiger partial charge < -0.3 is 10.5 Å². The number of amides is 2. The molecule has 1 aromatic carbocycles. The minimum Gasteiger partial charge on any atom is -0.496 e. The maximum absolute atomic E-state index is 12.4. The summed E-state index contributed by atoms with van der Waals surface area (Å²) in [4.78, 5) is 26.1. The van der Waals surface area contributed by atoms with Crippen LogP contribution in [0, 0.1) is 17.3 Å². The van der Waals surface area contributed by atoms with Gasteiger partial charge in [-0.05, 0) is 23.1 Å². The van der Waals surface area contributed by atoms with Crippen molar-refractivity contribution in [2.75, 3.05) is 7.11 Å². The lowest BCUT2D eigenvalue weighted by Gasteiger charge is -2.22. The summed E-state index contributed by atoms with van der Waals surface area (Å²) >= 11 is 0. The summed E-state index contributed by atoms with van der Waals surface area (Å²) < 4.78 is 5.31. The maximum Gasteiger partial charge on any atom is 0.233 e. The van der Waals surface area contributed by atoms with E-state index in [9.17, 15) is 9.59 Å². The topological polar surface area (TPSA) is 72.6 Å². The van der Waals surface area contributed by atoms with E-state index < -0.39 is 0 Å². The highest BCUT2D eigenvalue weighted by atomic mass is 16.5. The van der Waals surface area contributed by atoms with Crippen molar-refractivity contribution in [2.24, 2.45) is 23.0 Å². The first kappa shape index (κ1) is 14.1. The molecule has 2 N–H and O–H groups in total. The number of piperidine rings is 1. The Morgan fingerprint density at radius 3 is 2.38 bits per heavy atom. The van der Waals surface area contributed by atoms with Crippen LogP contribution in [0.2, 0.25) is 0 Å². The molecule has 0 spiro atoms. The van der Waals surface area contributed by atoms with E-state index in [2.05, 4.69) is 0 Å².